The van der Waals surface area contributed by atoms with Crippen molar-refractivity contribution >= 4 is 0 Å². The van der Waals surface area contributed by atoms with Gasteiger partial charge in [0.15, 0.2) is 5.82 Å². The first-order valence-electron chi connectivity index (χ1n) is 9.16. The van der Waals surface area contributed by atoms with Crippen LogP contribution in [0, 0.1) is 17.2 Å². The lowest BCUT2D eigenvalue weighted by Gasteiger charge is -2.08. The van der Waals surface area contributed by atoms with Gasteiger partial charge in [-0.2, -0.15) is 5.26 Å². The van der Waals surface area contributed by atoms with E-state index in [1.807, 2.05) is 43.6 Å². The van der Waals surface area contributed by atoms with Crippen LogP contribution in [0.15, 0.2) is 36.7 Å². The van der Waals surface area contributed by atoms with E-state index in [1.165, 1.54) is 31.2 Å². The molecular formula is C21H27N3O. The summed E-state index contributed by atoms with van der Waals surface area (Å²) >= 11 is 0. The van der Waals surface area contributed by atoms with Gasteiger partial charge >= 0.3 is 0 Å². The molecule has 132 valence electrons. The minimum atomic E-state index is 0.0214. The summed E-state index contributed by atoms with van der Waals surface area (Å²) in [4.78, 5) is 8.97. The molecule has 1 atom stereocenters. The first-order valence-corrected chi connectivity index (χ1v) is 9.16. The van der Waals surface area contributed by atoms with E-state index in [-0.39, 0.29) is 5.92 Å². The largest absolute Gasteiger partial charge is 0.494 e. The van der Waals surface area contributed by atoms with Crippen LogP contribution in [0.2, 0.25) is 0 Å². The van der Waals surface area contributed by atoms with Gasteiger partial charge in [-0.05, 0) is 56.0 Å². The van der Waals surface area contributed by atoms with E-state index < -0.39 is 0 Å². The molecule has 0 aliphatic heterocycles. The Morgan fingerprint density at radius 3 is 2.44 bits per heavy atom. The highest BCUT2D eigenvalue weighted by molar-refractivity contribution is 5.55. The lowest BCUT2D eigenvalue weighted by molar-refractivity contribution is 0.297. The highest BCUT2D eigenvalue weighted by atomic mass is 16.5. The maximum atomic E-state index is 8.77. The molecule has 1 unspecified atom stereocenters. The third-order valence-corrected chi connectivity index (χ3v) is 4.18. The molecule has 0 bridgehead atoms. The normalized spacial score (nSPS) is 11.7. The van der Waals surface area contributed by atoms with Crippen molar-refractivity contribution in [2.75, 3.05) is 6.61 Å². The molecule has 2 rings (SSSR count). The molecule has 0 fully saturated rings. The van der Waals surface area contributed by atoms with Gasteiger partial charge in [0.05, 0.1) is 12.7 Å². The molecule has 4 heteroatoms. The lowest BCUT2D eigenvalue weighted by atomic mass is 10.1. The van der Waals surface area contributed by atoms with Crippen LogP contribution >= 0.6 is 0 Å². The van der Waals surface area contributed by atoms with Crippen LogP contribution in [0.1, 0.15) is 51.5 Å². The maximum Gasteiger partial charge on any atom is 0.159 e. The highest BCUT2D eigenvalue weighted by Crippen LogP contribution is 2.20. The van der Waals surface area contributed by atoms with Crippen LogP contribution in [-0.4, -0.2) is 16.6 Å². The summed E-state index contributed by atoms with van der Waals surface area (Å²) in [6, 6.07) is 10.0. The smallest absolute Gasteiger partial charge is 0.159 e. The Labute approximate surface area is 150 Å². The van der Waals surface area contributed by atoms with Crippen molar-refractivity contribution in [1.82, 2.24) is 9.97 Å². The minimum Gasteiger partial charge on any atom is -0.494 e. The van der Waals surface area contributed by atoms with E-state index in [4.69, 9.17) is 10.00 Å². The van der Waals surface area contributed by atoms with Crippen molar-refractivity contribution in [2.24, 2.45) is 5.92 Å². The van der Waals surface area contributed by atoms with Gasteiger partial charge in [-0.3, -0.25) is 0 Å². The number of nitriles is 1. The molecule has 0 saturated heterocycles. The van der Waals surface area contributed by atoms with Gasteiger partial charge < -0.3 is 4.74 Å². The number of rotatable bonds is 10. The lowest BCUT2D eigenvalue weighted by Crippen LogP contribution is -2.02. The van der Waals surface area contributed by atoms with Crippen molar-refractivity contribution in [2.45, 2.75) is 52.4 Å². The van der Waals surface area contributed by atoms with Gasteiger partial charge in [-0.15, -0.1) is 0 Å². The molecule has 1 aromatic heterocycles. The predicted molar refractivity (Wildman–Crippen MR) is 100 cm³/mol. The van der Waals surface area contributed by atoms with Crippen molar-refractivity contribution < 1.29 is 4.74 Å². The Hall–Kier alpha value is -2.41. The van der Waals surface area contributed by atoms with Crippen molar-refractivity contribution in [3.8, 4) is 23.2 Å². The minimum absolute atomic E-state index is 0.0214. The van der Waals surface area contributed by atoms with Gasteiger partial charge in [0.25, 0.3) is 0 Å². The first-order chi connectivity index (χ1) is 12.2. The third-order valence-electron chi connectivity index (χ3n) is 4.18. The number of aryl methyl sites for hydroxylation is 1. The van der Waals surface area contributed by atoms with Gasteiger partial charge in [-0.25, -0.2) is 9.97 Å². The van der Waals surface area contributed by atoms with Gasteiger partial charge in [0.2, 0.25) is 0 Å². The molecule has 4 nitrogen and oxygen atoms in total. The zero-order valence-corrected chi connectivity index (χ0v) is 15.2. The summed E-state index contributed by atoms with van der Waals surface area (Å²) in [5.74, 6) is 1.57. The van der Waals surface area contributed by atoms with E-state index in [2.05, 4.69) is 23.0 Å². The van der Waals surface area contributed by atoms with E-state index in [0.717, 1.165) is 30.0 Å². The molecule has 1 heterocycles. The van der Waals surface area contributed by atoms with Crippen molar-refractivity contribution in [3.63, 3.8) is 0 Å². The zero-order chi connectivity index (χ0) is 17.9. The van der Waals surface area contributed by atoms with Crippen molar-refractivity contribution in [1.29, 1.82) is 5.26 Å². The van der Waals surface area contributed by atoms with Crippen LogP contribution in [0.4, 0.5) is 0 Å². The van der Waals surface area contributed by atoms with E-state index in [1.54, 1.807) is 0 Å². The summed E-state index contributed by atoms with van der Waals surface area (Å²) in [5.41, 5.74) is 2.18. The Morgan fingerprint density at radius 2 is 1.80 bits per heavy atom. The van der Waals surface area contributed by atoms with Gasteiger partial charge in [0.1, 0.15) is 5.75 Å². The molecule has 25 heavy (non-hydrogen) atoms. The first kappa shape index (κ1) is 18.9. The topological polar surface area (TPSA) is 58.8 Å². The number of ether oxygens (including phenoxy) is 1. The molecule has 0 N–H and O–H groups in total. The second-order valence-corrected chi connectivity index (χ2v) is 6.42. The molecule has 0 amide bonds. The molecule has 0 aliphatic carbocycles. The van der Waals surface area contributed by atoms with E-state index in [0.29, 0.717) is 6.61 Å². The van der Waals surface area contributed by atoms with Crippen LogP contribution < -0.4 is 4.74 Å². The Kier molecular flexibility index (Phi) is 7.91. The average molecular weight is 337 g/mol. The summed E-state index contributed by atoms with van der Waals surface area (Å²) in [6.45, 7) is 4.68. The fraction of sp³-hybridized carbons (Fsp3) is 0.476. The van der Waals surface area contributed by atoms with Crippen LogP contribution in [0.5, 0.6) is 5.75 Å². The Morgan fingerprint density at radius 1 is 1.08 bits per heavy atom. The zero-order valence-electron chi connectivity index (χ0n) is 15.2. The molecule has 0 aliphatic rings. The fourth-order valence-corrected chi connectivity index (χ4v) is 2.51. The average Bonchev–Trinajstić information content (AvgIpc) is 2.66. The second kappa shape index (κ2) is 10.5. The molecular weight excluding hydrogens is 310 g/mol. The fourth-order valence-electron chi connectivity index (χ4n) is 2.51. The van der Waals surface area contributed by atoms with E-state index in [9.17, 15) is 0 Å². The quantitative estimate of drug-likeness (QED) is 0.559. The second-order valence-electron chi connectivity index (χ2n) is 6.42. The number of nitrogens with zero attached hydrogens (tertiary/aromatic N) is 3. The number of benzene rings is 1. The highest BCUT2D eigenvalue weighted by Gasteiger charge is 2.04. The molecule has 2 aromatic rings. The van der Waals surface area contributed by atoms with Crippen LogP contribution in [0.25, 0.3) is 11.4 Å². The van der Waals surface area contributed by atoms with Crippen LogP contribution in [0.3, 0.4) is 0 Å². The number of hydrogen-bond acceptors (Lipinski definition) is 4. The summed E-state index contributed by atoms with van der Waals surface area (Å²) in [7, 11) is 0. The monoisotopic (exact) mass is 337 g/mol. The van der Waals surface area contributed by atoms with Crippen LogP contribution in [-0.2, 0) is 6.42 Å². The summed E-state index contributed by atoms with van der Waals surface area (Å²) in [5, 5.41) is 8.77. The predicted octanol–water partition coefficient (Wildman–Crippen LogP) is 5.19. The van der Waals surface area contributed by atoms with E-state index >= 15 is 0 Å². The van der Waals surface area contributed by atoms with Gasteiger partial charge in [0, 0.05) is 23.9 Å². The Balaban J connectivity index is 1.85. The summed E-state index contributed by atoms with van der Waals surface area (Å²) < 4.78 is 5.66. The number of aromatic nitrogens is 2. The SMILES string of the molecule is CCCCCCc1cnc(-c2ccc(OCCC(C)C#N)cc2)nc1. The van der Waals surface area contributed by atoms with Gasteiger partial charge in [-0.1, -0.05) is 26.2 Å². The van der Waals surface area contributed by atoms with Crippen molar-refractivity contribution in [3.05, 3.63) is 42.2 Å². The molecule has 0 saturated carbocycles. The number of unbranched alkanes of at least 4 members (excludes halogenated alkanes) is 3. The summed E-state index contributed by atoms with van der Waals surface area (Å²) in [6.07, 6.45) is 10.7. The Bertz CT molecular complexity index is 659. The molecule has 0 spiro atoms. The number of hydrogen-bond donors (Lipinski definition) is 0. The molecule has 0 radical (unpaired) electrons. The standard InChI is InChI=1S/C21H27N3O/c1-3-4-5-6-7-18-15-23-21(24-16-18)19-8-10-20(11-9-19)25-13-12-17(2)14-22/h8-11,15-17H,3-7,12-13H2,1-2H3. The third kappa shape index (κ3) is 6.54. The molecule has 1 aromatic carbocycles. The maximum absolute atomic E-state index is 8.77.